The maximum absolute atomic E-state index is 10.8. The van der Waals surface area contributed by atoms with Crippen LogP contribution in [-0.2, 0) is 4.74 Å². The Morgan fingerprint density at radius 1 is 1.43 bits per heavy atom. The number of nitro benzene ring substituents is 1. The number of anilines is 1. The zero-order chi connectivity index (χ0) is 15.2. The molecule has 0 amide bonds. The maximum Gasteiger partial charge on any atom is 0.270 e. The molecular formula is C14H20IN3O3. The number of non-ortho nitro benzene ring substituents is 1. The lowest BCUT2D eigenvalue weighted by atomic mass is 10.1. The SMILES string of the molecule is NCCCOC1CCN(c2ccc([N+](=O)[O-])cc2I)CC1. The van der Waals surface area contributed by atoms with Gasteiger partial charge >= 0.3 is 0 Å². The molecule has 0 unspecified atom stereocenters. The molecule has 2 rings (SSSR count). The highest BCUT2D eigenvalue weighted by molar-refractivity contribution is 14.1. The summed E-state index contributed by atoms with van der Waals surface area (Å²) in [5, 5.41) is 10.8. The fourth-order valence-electron chi connectivity index (χ4n) is 2.46. The van der Waals surface area contributed by atoms with Gasteiger partial charge in [0.05, 0.1) is 16.7 Å². The Morgan fingerprint density at radius 2 is 2.14 bits per heavy atom. The van der Waals surface area contributed by atoms with Gasteiger partial charge in [0, 0.05) is 35.4 Å². The fourth-order valence-corrected chi connectivity index (χ4v) is 3.30. The van der Waals surface area contributed by atoms with Crippen LogP contribution in [0.5, 0.6) is 0 Å². The number of piperidine rings is 1. The molecule has 21 heavy (non-hydrogen) atoms. The first-order valence-corrected chi connectivity index (χ1v) is 8.20. The van der Waals surface area contributed by atoms with Crippen LogP contribution in [-0.4, -0.2) is 37.3 Å². The smallest absolute Gasteiger partial charge is 0.270 e. The average molecular weight is 405 g/mol. The van der Waals surface area contributed by atoms with Crippen molar-refractivity contribution in [3.05, 3.63) is 31.9 Å². The number of ether oxygens (including phenoxy) is 1. The zero-order valence-corrected chi connectivity index (χ0v) is 14.0. The molecule has 2 N–H and O–H groups in total. The number of halogens is 1. The lowest BCUT2D eigenvalue weighted by molar-refractivity contribution is -0.384. The van der Waals surface area contributed by atoms with Crippen LogP contribution in [0.4, 0.5) is 11.4 Å². The molecule has 116 valence electrons. The summed E-state index contributed by atoms with van der Waals surface area (Å²) in [4.78, 5) is 12.7. The predicted molar refractivity (Wildman–Crippen MR) is 90.7 cm³/mol. The van der Waals surface area contributed by atoms with E-state index < -0.39 is 0 Å². The number of hydrogen-bond acceptors (Lipinski definition) is 5. The molecule has 1 saturated heterocycles. The van der Waals surface area contributed by atoms with Gasteiger partial charge in [0.15, 0.2) is 0 Å². The molecule has 0 aromatic heterocycles. The van der Waals surface area contributed by atoms with Crippen molar-refractivity contribution >= 4 is 34.0 Å². The molecule has 0 atom stereocenters. The second-order valence-electron chi connectivity index (χ2n) is 5.09. The molecule has 0 spiro atoms. The largest absolute Gasteiger partial charge is 0.378 e. The van der Waals surface area contributed by atoms with Crippen LogP contribution in [0, 0.1) is 13.7 Å². The van der Waals surface area contributed by atoms with Gasteiger partial charge < -0.3 is 15.4 Å². The Hall–Kier alpha value is -0.930. The highest BCUT2D eigenvalue weighted by Crippen LogP contribution is 2.29. The minimum absolute atomic E-state index is 0.142. The second-order valence-corrected chi connectivity index (χ2v) is 6.25. The number of rotatable bonds is 6. The monoisotopic (exact) mass is 405 g/mol. The standard InChI is InChI=1S/C14H20IN3O3/c15-13-10-11(18(19)20)2-3-14(13)17-7-4-12(5-8-17)21-9-1-6-16/h2-3,10,12H,1,4-9,16H2. The van der Waals surface area contributed by atoms with E-state index in [0.717, 1.165) is 48.2 Å². The minimum Gasteiger partial charge on any atom is -0.378 e. The predicted octanol–water partition coefficient (Wildman–Crippen LogP) is 2.53. The van der Waals surface area contributed by atoms with Gasteiger partial charge in [0.2, 0.25) is 0 Å². The van der Waals surface area contributed by atoms with Crippen molar-refractivity contribution in [2.24, 2.45) is 5.73 Å². The molecule has 0 radical (unpaired) electrons. The van der Waals surface area contributed by atoms with Gasteiger partial charge in [-0.2, -0.15) is 0 Å². The highest BCUT2D eigenvalue weighted by Gasteiger charge is 2.22. The first-order chi connectivity index (χ1) is 10.1. The van der Waals surface area contributed by atoms with Crippen LogP contribution in [0.2, 0.25) is 0 Å². The Bertz CT molecular complexity index is 490. The van der Waals surface area contributed by atoms with Crippen LogP contribution < -0.4 is 10.6 Å². The Kier molecular flexibility index (Phi) is 6.19. The third-order valence-electron chi connectivity index (χ3n) is 3.63. The van der Waals surface area contributed by atoms with Crippen molar-refractivity contribution in [1.29, 1.82) is 0 Å². The summed E-state index contributed by atoms with van der Waals surface area (Å²) >= 11 is 2.16. The Labute approximate surface area is 137 Å². The first kappa shape index (κ1) is 16.4. The molecule has 1 fully saturated rings. The minimum atomic E-state index is -0.358. The fraction of sp³-hybridized carbons (Fsp3) is 0.571. The van der Waals surface area contributed by atoms with E-state index in [1.165, 1.54) is 0 Å². The Balaban J connectivity index is 1.91. The molecule has 6 nitrogen and oxygen atoms in total. The van der Waals surface area contributed by atoms with Crippen molar-refractivity contribution in [3.63, 3.8) is 0 Å². The van der Waals surface area contributed by atoms with Crippen LogP contribution in [0.3, 0.4) is 0 Å². The molecule has 1 aliphatic heterocycles. The number of hydrogen-bond donors (Lipinski definition) is 1. The number of nitro groups is 1. The highest BCUT2D eigenvalue weighted by atomic mass is 127. The second kappa shape index (κ2) is 7.90. The van der Waals surface area contributed by atoms with E-state index in [1.807, 2.05) is 6.07 Å². The van der Waals surface area contributed by atoms with Gasteiger partial charge in [-0.15, -0.1) is 0 Å². The summed E-state index contributed by atoms with van der Waals surface area (Å²) < 4.78 is 6.71. The third-order valence-corrected chi connectivity index (χ3v) is 4.49. The van der Waals surface area contributed by atoms with Crippen molar-refractivity contribution in [2.45, 2.75) is 25.4 Å². The van der Waals surface area contributed by atoms with E-state index in [0.29, 0.717) is 12.6 Å². The lowest BCUT2D eigenvalue weighted by Gasteiger charge is -2.34. The van der Waals surface area contributed by atoms with Gasteiger partial charge in [-0.05, 0) is 54.5 Å². The molecule has 7 heteroatoms. The van der Waals surface area contributed by atoms with Crippen LogP contribution in [0.1, 0.15) is 19.3 Å². The van der Waals surface area contributed by atoms with Gasteiger partial charge in [-0.3, -0.25) is 10.1 Å². The van der Waals surface area contributed by atoms with E-state index in [4.69, 9.17) is 10.5 Å². The Morgan fingerprint density at radius 3 is 2.71 bits per heavy atom. The van der Waals surface area contributed by atoms with Gasteiger partial charge in [0.1, 0.15) is 0 Å². The molecular weight excluding hydrogens is 385 g/mol. The average Bonchev–Trinajstić information content (AvgIpc) is 2.48. The van der Waals surface area contributed by atoms with Crippen molar-refractivity contribution in [1.82, 2.24) is 0 Å². The van der Waals surface area contributed by atoms with Crippen molar-refractivity contribution < 1.29 is 9.66 Å². The molecule has 1 aliphatic rings. The van der Waals surface area contributed by atoms with E-state index >= 15 is 0 Å². The molecule has 1 aromatic rings. The van der Waals surface area contributed by atoms with E-state index in [1.54, 1.807) is 12.1 Å². The topological polar surface area (TPSA) is 81.6 Å². The van der Waals surface area contributed by atoms with E-state index in [-0.39, 0.29) is 10.6 Å². The summed E-state index contributed by atoms with van der Waals surface area (Å²) in [5.41, 5.74) is 6.67. The zero-order valence-electron chi connectivity index (χ0n) is 11.8. The van der Waals surface area contributed by atoms with Crippen molar-refractivity contribution in [3.8, 4) is 0 Å². The quantitative estimate of drug-likeness (QED) is 0.341. The molecule has 0 aliphatic carbocycles. The maximum atomic E-state index is 10.8. The van der Waals surface area contributed by atoms with E-state index in [2.05, 4.69) is 27.5 Å². The molecule has 1 aromatic carbocycles. The third kappa shape index (κ3) is 4.52. The lowest BCUT2D eigenvalue weighted by Crippen LogP contribution is -2.37. The van der Waals surface area contributed by atoms with Gasteiger partial charge in [-0.1, -0.05) is 0 Å². The van der Waals surface area contributed by atoms with Crippen LogP contribution in [0.25, 0.3) is 0 Å². The molecule has 1 heterocycles. The number of nitrogens with zero attached hydrogens (tertiary/aromatic N) is 2. The van der Waals surface area contributed by atoms with E-state index in [9.17, 15) is 10.1 Å². The molecule has 0 saturated carbocycles. The van der Waals surface area contributed by atoms with Gasteiger partial charge in [0.25, 0.3) is 5.69 Å². The summed E-state index contributed by atoms with van der Waals surface area (Å²) in [6.45, 7) is 3.23. The summed E-state index contributed by atoms with van der Waals surface area (Å²) in [7, 11) is 0. The van der Waals surface area contributed by atoms with Crippen LogP contribution in [0.15, 0.2) is 18.2 Å². The molecule has 0 bridgehead atoms. The first-order valence-electron chi connectivity index (χ1n) is 7.12. The summed E-state index contributed by atoms with van der Waals surface area (Å²) in [6, 6.07) is 5.04. The van der Waals surface area contributed by atoms with Gasteiger partial charge in [-0.25, -0.2) is 0 Å². The summed E-state index contributed by atoms with van der Waals surface area (Å²) in [6.07, 6.45) is 3.18. The normalized spacial score (nSPS) is 16.2. The van der Waals surface area contributed by atoms with Crippen LogP contribution >= 0.6 is 22.6 Å². The number of nitrogens with two attached hydrogens (primary N) is 1. The van der Waals surface area contributed by atoms with Crippen molar-refractivity contribution in [2.75, 3.05) is 31.1 Å². The number of benzene rings is 1. The summed E-state index contributed by atoms with van der Waals surface area (Å²) in [5.74, 6) is 0.